The number of halogens is 1. The summed E-state index contributed by atoms with van der Waals surface area (Å²) in [4.78, 5) is 0.197. The summed E-state index contributed by atoms with van der Waals surface area (Å²) in [5, 5.41) is 0. The summed E-state index contributed by atoms with van der Waals surface area (Å²) in [5.74, 6) is -0.0839. The summed E-state index contributed by atoms with van der Waals surface area (Å²) < 4.78 is 39.5. The number of nitrogens with zero attached hydrogens (tertiary/aromatic N) is 1. The molecule has 1 unspecified atom stereocenters. The average molecular weight is 286 g/mol. The SMILES string of the molecule is Cc1cc(F)ccc1S(=O)(=O)N1CCC(CCN)C1. The predicted molar refractivity (Wildman–Crippen MR) is 71.7 cm³/mol. The number of benzene rings is 1. The highest BCUT2D eigenvalue weighted by molar-refractivity contribution is 7.89. The molecule has 4 nitrogen and oxygen atoms in total. The van der Waals surface area contributed by atoms with Crippen LogP contribution in [0.5, 0.6) is 0 Å². The van der Waals surface area contributed by atoms with Crippen molar-refractivity contribution in [2.24, 2.45) is 11.7 Å². The van der Waals surface area contributed by atoms with Gasteiger partial charge in [0.25, 0.3) is 0 Å². The molecule has 0 radical (unpaired) electrons. The Morgan fingerprint density at radius 3 is 2.84 bits per heavy atom. The molecule has 0 amide bonds. The molecule has 1 heterocycles. The largest absolute Gasteiger partial charge is 0.330 e. The molecule has 2 N–H and O–H groups in total. The van der Waals surface area contributed by atoms with Crippen molar-refractivity contribution < 1.29 is 12.8 Å². The van der Waals surface area contributed by atoms with Gasteiger partial charge in [-0.1, -0.05) is 0 Å². The lowest BCUT2D eigenvalue weighted by molar-refractivity contribution is 0.448. The Kier molecular flexibility index (Phi) is 4.23. The Hall–Kier alpha value is -0.980. The first-order valence-corrected chi connectivity index (χ1v) is 7.85. The quantitative estimate of drug-likeness (QED) is 0.912. The molecule has 106 valence electrons. The molecule has 0 aliphatic carbocycles. The monoisotopic (exact) mass is 286 g/mol. The highest BCUT2D eigenvalue weighted by Gasteiger charge is 2.32. The minimum Gasteiger partial charge on any atom is -0.330 e. The third-order valence-corrected chi connectivity index (χ3v) is 5.60. The van der Waals surface area contributed by atoms with Gasteiger partial charge in [0, 0.05) is 13.1 Å². The minimum absolute atomic E-state index is 0.197. The summed E-state index contributed by atoms with van der Waals surface area (Å²) in [7, 11) is -3.51. The van der Waals surface area contributed by atoms with Crippen molar-refractivity contribution >= 4 is 10.0 Å². The van der Waals surface area contributed by atoms with Crippen molar-refractivity contribution in [2.45, 2.75) is 24.7 Å². The van der Waals surface area contributed by atoms with Gasteiger partial charge >= 0.3 is 0 Å². The Labute approximate surface area is 113 Å². The van der Waals surface area contributed by atoms with E-state index in [1.807, 2.05) is 0 Å². The van der Waals surface area contributed by atoms with Gasteiger partial charge < -0.3 is 5.73 Å². The molecular weight excluding hydrogens is 267 g/mol. The minimum atomic E-state index is -3.51. The third kappa shape index (κ3) is 2.96. The van der Waals surface area contributed by atoms with Gasteiger partial charge in [0.2, 0.25) is 10.0 Å². The van der Waals surface area contributed by atoms with Crippen molar-refractivity contribution in [2.75, 3.05) is 19.6 Å². The van der Waals surface area contributed by atoms with Crippen molar-refractivity contribution in [1.29, 1.82) is 0 Å². The van der Waals surface area contributed by atoms with Crippen LogP contribution in [0.2, 0.25) is 0 Å². The Bertz CT molecular complexity index is 560. The first-order valence-electron chi connectivity index (χ1n) is 6.41. The lowest BCUT2D eigenvalue weighted by atomic mass is 10.1. The maximum absolute atomic E-state index is 13.1. The Morgan fingerprint density at radius 2 is 2.21 bits per heavy atom. The molecular formula is C13H19FN2O2S. The third-order valence-electron chi connectivity index (χ3n) is 3.58. The predicted octanol–water partition coefficient (Wildman–Crippen LogP) is 1.49. The molecule has 0 saturated carbocycles. The van der Waals surface area contributed by atoms with E-state index in [4.69, 9.17) is 5.73 Å². The van der Waals surface area contributed by atoms with Crippen molar-refractivity contribution in [3.8, 4) is 0 Å². The fourth-order valence-corrected chi connectivity index (χ4v) is 4.26. The summed E-state index contributed by atoms with van der Waals surface area (Å²) in [6.07, 6.45) is 1.69. The lowest BCUT2D eigenvalue weighted by Crippen LogP contribution is -2.29. The molecule has 1 aliphatic rings. The smallest absolute Gasteiger partial charge is 0.243 e. The standard InChI is InChI=1S/C13H19FN2O2S/c1-10-8-12(14)2-3-13(10)19(17,18)16-7-5-11(9-16)4-6-15/h2-3,8,11H,4-7,9,15H2,1H3. The Balaban J connectivity index is 2.23. The van der Waals surface area contributed by atoms with Crippen LogP contribution < -0.4 is 5.73 Å². The molecule has 0 aromatic heterocycles. The van der Waals surface area contributed by atoms with E-state index in [0.29, 0.717) is 31.1 Å². The first kappa shape index (κ1) is 14.4. The van der Waals surface area contributed by atoms with E-state index in [0.717, 1.165) is 12.8 Å². The van der Waals surface area contributed by atoms with Gasteiger partial charge in [-0.15, -0.1) is 0 Å². The van der Waals surface area contributed by atoms with Gasteiger partial charge in [-0.2, -0.15) is 4.31 Å². The molecule has 1 aromatic rings. The molecule has 6 heteroatoms. The molecule has 19 heavy (non-hydrogen) atoms. The molecule has 2 rings (SSSR count). The van der Waals surface area contributed by atoms with Crippen molar-refractivity contribution in [1.82, 2.24) is 4.31 Å². The topological polar surface area (TPSA) is 63.4 Å². The fourth-order valence-electron chi connectivity index (χ4n) is 2.53. The zero-order chi connectivity index (χ0) is 14.0. The van der Waals surface area contributed by atoms with Gasteiger partial charge in [0.05, 0.1) is 4.90 Å². The van der Waals surface area contributed by atoms with Gasteiger partial charge in [-0.3, -0.25) is 0 Å². The van der Waals surface area contributed by atoms with Crippen LogP contribution in [0.1, 0.15) is 18.4 Å². The summed E-state index contributed by atoms with van der Waals surface area (Å²) in [6.45, 7) is 3.22. The first-order chi connectivity index (χ1) is 8.95. The van der Waals surface area contributed by atoms with Crippen LogP contribution in [-0.2, 0) is 10.0 Å². The normalized spacial score (nSPS) is 20.9. The maximum Gasteiger partial charge on any atom is 0.243 e. The average Bonchev–Trinajstić information content (AvgIpc) is 2.78. The fraction of sp³-hybridized carbons (Fsp3) is 0.538. The molecule has 1 saturated heterocycles. The van der Waals surface area contributed by atoms with Crippen LogP contribution in [-0.4, -0.2) is 32.4 Å². The van der Waals surface area contributed by atoms with Crippen molar-refractivity contribution in [3.63, 3.8) is 0 Å². The second-order valence-corrected chi connectivity index (χ2v) is 6.91. The molecule has 0 bridgehead atoms. The highest BCUT2D eigenvalue weighted by atomic mass is 32.2. The van der Waals surface area contributed by atoms with Crippen LogP contribution in [0, 0.1) is 18.7 Å². The zero-order valence-corrected chi connectivity index (χ0v) is 11.8. The summed E-state index contributed by atoms with van der Waals surface area (Å²) in [6, 6.07) is 3.78. The van der Waals surface area contributed by atoms with E-state index >= 15 is 0 Å². The van der Waals surface area contributed by atoms with E-state index < -0.39 is 15.8 Å². The van der Waals surface area contributed by atoms with E-state index in [9.17, 15) is 12.8 Å². The zero-order valence-electron chi connectivity index (χ0n) is 11.0. The molecule has 0 spiro atoms. The van der Waals surface area contributed by atoms with Gasteiger partial charge in [0.1, 0.15) is 5.82 Å². The number of nitrogens with two attached hydrogens (primary N) is 1. The molecule has 1 aliphatic heterocycles. The van der Waals surface area contributed by atoms with Crippen LogP contribution in [0.4, 0.5) is 4.39 Å². The van der Waals surface area contributed by atoms with E-state index in [1.165, 1.54) is 22.5 Å². The van der Waals surface area contributed by atoms with Crippen LogP contribution in [0.15, 0.2) is 23.1 Å². The Morgan fingerprint density at radius 1 is 1.47 bits per heavy atom. The number of hydrogen-bond donors (Lipinski definition) is 1. The van der Waals surface area contributed by atoms with Crippen LogP contribution >= 0.6 is 0 Å². The second kappa shape index (κ2) is 5.56. The van der Waals surface area contributed by atoms with E-state index in [1.54, 1.807) is 6.92 Å². The highest BCUT2D eigenvalue weighted by Crippen LogP contribution is 2.27. The number of hydrogen-bond acceptors (Lipinski definition) is 3. The molecule has 1 aromatic carbocycles. The molecule has 1 fully saturated rings. The van der Waals surface area contributed by atoms with Crippen LogP contribution in [0.3, 0.4) is 0 Å². The lowest BCUT2D eigenvalue weighted by Gasteiger charge is -2.18. The number of rotatable bonds is 4. The van der Waals surface area contributed by atoms with E-state index in [2.05, 4.69) is 0 Å². The van der Waals surface area contributed by atoms with Gasteiger partial charge in [-0.25, -0.2) is 12.8 Å². The maximum atomic E-state index is 13.1. The van der Waals surface area contributed by atoms with Gasteiger partial charge in [-0.05, 0) is 56.0 Å². The van der Waals surface area contributed by atoms with Crippen LogP contribution in [0.25, 0.3) is 0 Å². The second-order valence-electron chi connectivity index (χ2n) is 5.00. The molecule has 1 atom stereocenters. The van der Waals surface area contributed by atoms with Gasteiger partial charge in [0.15, 0.2) is 0 Å². The van der Waals surface area contributed by atoms with Crippen molar-refractivity contribution in [3.05, 3.63) is 29.6 Å². The summed E-state index contributed by atoms with van der Waals surface area (Å²) >= 11 is 0. The number of aryl methyl sites for hydroxylation is 1. The summed E-state index contributed by atoms with van der Waals surface area (Å²) in [5.41, 5.74) is 5.95. The number of sulfonamides is 1. The van der Waals surface area contributed by atoms with E-state index in [-0.39, 0.29) is 4.90 Å².